The Labute approximate surface area is 137 Å². The minimum Gasteiger partial charge on any atom is -0.340 e. The highest BCUT2D eigenvalue weighted by atomic mass is 35.5. The number of nitrogens with two attached hydrogens (primary N) is 1. The molecule has 8 heteroatoms. The summed E-state index contributed by atoms with van der Waals surface area (Å²) in [6.07, 6.45) is 0. The van der Waals surface area contributed by atoms with E-state index in [4.69, 9.17) is 5.73 Å². The molecular weight excluding hydrogens is 326 g/mol. The predicted octanol–water partition coefficient (Wildman–Crippen LogP) is 0.536. The molecule has 1 fully saturated rings. The Morgan fingerprint density at radius 1 is 1.18 bits per heavy atom. The first-order valence-electron chi connectivity index (χ1n) is 7.01. The summed E-state index contributed by atoms with van der Waals surface area (Å²) in [5.41, 5.74) is 5.50. The Morgan fingerprint density at radius 2 is 1.73 bits per heavy atom. The molecule has 1 aromatic carbocycles. The second kappa shape index (κ2) is 7.92. The van der Waals surface area contributed by atoms with Crippen molar-refractivity contribution in [1.82, 2.24) is 9.21 Å². The van der Waals surface area contributed by atoms with Gasteiger partial charge in [-0.2, -0.15) is 4.31 Å². The maximum atomic E-state index is 12.5. The second-order valence-electron chi connectivity index (χ2n) is 5.18. The third-order valence-electron chi connectivity index (χ3n) is 3.71. The van der Waals surface area contributed by atoms with Gasteiger partial charge < -0.3 is 10.6 Å². The first-order chi connectivity index (χ1) is 9.96. The van der Waals surface area contributed by atoms with Crippen LogP contribution in [0.3, 0.4) is 0 Å². The van der Waals surface area contributed by atoms with Gasteiger partial charge in [0, 0.05) is 38.6 Å². The molecule has 0 aromatic heterocycles. The molecule has 0 radical (unpaired) electrons. The molecule has 1 atom stereocenters. The van der Waals surface area contributed by atoms with Crippen molar-refractivity contribution in [2.24, 2.45) is 11.7 Å². The lowest BCUT2D eigenvalue weighted by Gasteiger charge is -2.35. The maximum Gasteiger partial charge on any atom is 0.243 e. The number of sulfonamides is 1. The Hall–Kier alpha value is -1.15. The number of carbonyl (C=O) groups is 1. The molecular formula is C14H22ClN3O3S. The predicted molar refractivity (Wildman–Crippen MR) is 87.2 cm³/mol. The summed E-state index contributed by atoms with van der Waals surface area (Å²) >= 11 is 0. The number of rotatable bonds is 4. The Morgan fingerprint density at radius 3 is 2.23 bits per heavy atom. The van der Waals surface area contributed by atoms with Gasteiger partial charge in [0.25, 0.3) is 0 Å². The number of carbonyl (C=O) groups excluding carboxylic acids is 1. The number of piperazine rings is 1. The van der Waals surface area contributed by atoms with E-state index < -0.39 is 10.0 Å². The maximum absolute atomic E-state index is 12.5. The SMILES string of the molecule is CC(CN)C(=O)N1CCN(S(=O)(=O)c2ccccc2)CC1.Cl. The van der Waals surface area contributed by atoms with E-state index in [-0.39, 0.29) is 24.2 Å². The van der Waals surface area contributed by atoms with Crippen LogP contribution in [-0.4, -0.2) is 56.3 Å². The number of benzene rings is 1. The summed E-state index contributed by atoms with van der Waals surface area (Å²) < 4.78 is 26.3. The number of halogens is 1. The first kappa shape index (κ1) is 18.9. The van der Waals surface area contributed by atoms with Crippen molar-refractivity contribution in [3.63, 3.8) is 0 Å². The van der Waals surface area contributed by atoms with Gasteiger partial charge in [0.15, 0.2) is 0 Å². The van der Waals surface area contributed by atoms with E-state index in [1.54, 1.807) is 42.2 Å². The van der Waals surface area contributed by atoms with Gasteiger partial charge in [0.1, 0.15) is 0 Å². The van der Waals surface area contributed by atoms with Gasteiger partial charge >= 0.3 is 0 Å². The lowest BCUT2D eigenvalue weighted by Crippen LogP contribution is -2.52. The van der Waals surface area contributed by atoms with Gasteiger partial charge in [0.05, 0.1) is 4.90 Å². The van der Waals surface area contributed by atoms with Gasteiger partial charge in [-0.3, -0.25) is 4.79 Å². The summed E-state index contributed by atoms with van der Waals surface area (Å²) in [6, 6.07) is 8.36. The van der Waals surface area contributed by atoms with Gasteiger partial charge in [-0.05, 0) is 12.1 Å². The zero-order valence-electron chi connectivity index (χ0n) is 12.5. The van der Waals surface area contributed by atoms with Crippen molar-refractivity contribution < 1.29 is 13.2 Å². The molecule has 1 aromatic rings. The average Bonchev–Trinajstić information content (AvgIpc) is 2.54. The Kier molecular flexibility index (Phi) is 6.80. The molecule has 124 valence electrons. The third kappa shape index (κ3) is 3.98. The van der Waals surface area contributed by atoms with Crippen molar-refractivity contribution in [2.75, 3.05) is 32.7 Å². The van der Waals surface area contributed by atoms with Crippen LogP contribution < -0.4 is 5.73 Å². The van der Waals surface area contributed by atoms with Crippen LogP contribution in [0.25, 0.3) is 0 Å². The fourth-order valence-electron chi connectivity index (χ4n) is 2.30. The Balaban J connectivity index is 0.00000242. The Bertz CT molecular complexity index is 587. The number of hydrogen-bond donors (Lipinski definition) is 1. The molecule has 1 aliphatic rings. The van der Waals surface area contributed by atoms with E-state index in [2.05, 4.69) is 0 Å². The molecule has 6 nitrogen and oxygen atoms in total. The summed E-state index contributed by atoms with van der Waals surface area (Å²) in [6.45, 7) is 3.56. The summed E-state index contributed by atoms with van der Waals surface area (Å²) in [7, 11) is -3.47. The summed E-state index contributed by atoms with van der Waals surface area (Å²) in [5.74, 6) is -0.225. The second-order valence-corrected chi connectivity index (χ2v) is 7.12. The molecule has 1 amide bonds. The quantitative estimate of drug-likeness (QED) is 0.861. The smallest absolute Gasteiger partial charge is 0.243 e. The lowest BCUT2D eigenvalue weighted by atomic mass is 10.1. The normalized spacial score (nSPS) is 17.6. The standard InChI is InChI=1S/C14H21N3O3S.ClH/c1-12(11-15)14(18)16-7-9-17(10-8-16)21(19,20)13-5-3-2-4-6-13;/h2-6,12H,7-11,15H2,1H3;1H. The van der Waals surface area contributed by atoms with Crippen LogP contribution in [0.15, 0.2) is 35.2 Å². The van der Waals surface area contributed by atoms with Crippen LogP contribution in [0.5, 0.6) is 0 Å². The highest BCUT2D eigenvalue weighted by Crippen LogP contribution is 2.17. The van der Waals surface area contributed by atoms with E-state index in [0.29, 0.717) is 37.6 Å². The minimum absolute atomic E-state index is 0. The molecule has 0 saturated carbocycles. The van der Waals surface area contributed by atoms with Crippen LogP contribution in [0.4, 0.5) is 0 Å². The van der Waals surface area contributed by atoms with Gasteiger partial charge in [0.2, 0.25) is 15.9 Å². The van der Waals surface area contributed by atoms with Crippen LogP contribution >= 0.6 is 12.4 Å². The van der Waals surface area contributed by atoms with E-state index >= 15 is 0 Å². The molecule has 2 N–H and O–H groups in total. The largest absolute Gasteiger partial charge is 0.340 e. The lowest BCUT2D eigenvalue weighted by molar-refractivity contribution is -0.135. The van der Waals surface area contributed by atoms with Crippen molar-refractivity contribution in [1.29, 1.82) is 0 Å². The molecule has 1 aliphatic heterocycles. The fraction of sp³-hybridized carbons (Fsp3) is 0.500. The number of nitrogens with zero attached hydrogens (tertiary/aromatic N) is 2. The van der Waals surface area contributed by atoms with E-state index in [9.17, 15) is 13.2 Å². The first-order valence-corrected chi connectivity index (χ1v) is 8.45. The zero-order chi connectivity index (χ0) is 15.5. The molecule has 2 rings (SSSR count). The monoisotopic (exact) mass is 347 g/mol. The van der Waals surface area contributed by atoms with Crippen molar-refractivity contribution in [2.45, 2.75) is 11.8 Å². The topological polar surface area (TPSA) is 83.7 Å². The third-order valence-corrected chi connectivity index (χ3v) is 5.62. The number of amides is 1. The molecule has 1 heterocycles. The highest BCUT2D eigenvalue weighted by molar-refractivity contribution is 7.89. The molecule has 1 saturated heterocycles. The highest BCUT2D eigenvalue weighted by Gasteiger charge is 2.30. The van der Waals surface area contributed by atoms with Gasteiger partial charge in [-0.1, -0.05) is 25.1 Å². The zero-order valence-corrected chi connectivity index (χ0v) is 14.1. The van der Waals surface area contributed by atoms with Crippen molar-refractivity contribution >= 4 is 28.3 Å². The van der Waals surface area contributed by atoms with Gasteiger partial charge in [-0.25, -0.2) is 8.42 Å². The summed E-state index contributed by atoms with van der Waals surface area (Å²) in [4.78, 5) is 14.0. The molecule has 22 heavy (non-hydrogen) atoms. The molecule has 0 spiro atoms. The molecule has 0 aliphatic carbocycles. The van der Waals surface area contributed by atoms with E-state index in [1.165, 1.54) is 4.31 Å². The van der Waals surface area contributed by atoms with Crippen molar-refractivity contribution in [3.05, 3.63) is 30.3 Å². The van der Waals surface area contributed by atoms with Crippen LogP contribution in [0.2, 0.25) is 0 Å². The van der Waals surface area contributed by atoms with Crippen LogP contribution in [0, 0.1) is 5.92 Å². The van der Waals surface area contributed by atoms with Crippen molar-refractivity contribution in [3.8, 4) is 0 Å². The minimum atomic E-state index is -3.47. The average molecular weight is 348 g/mol. The number of hydrogen-bond acceptors (Lipinski definition) is 4. The summed E-state index contributed by atoms with van der Waals surface area (Å²) in [5, 5.41) is 0. The molecule has 0 bridgehead atoms. The van der Waals surface area contributed by atoms with Crippen LogP contribution in [-0.2, 0) is 14.8 Å². The molecule has 1 unspecified atom stereocenters. The fourth-order valence-corrected chi connectivity index (χ4v) is 3.75. The van der Waals surface area contributed by atoms with Gasteiger partial charge in [-0.15, -0.1) is 12.4 Å². The van der Waals surface area contributed by atoms with E-state index in [1.807, 2.05) is 0 Å². The van der Waals surface area contributed by atoms with Crippen LogP contribution in [0.1, 0.15) is 6.92 Å². The van der Waals surface area contributed by atoms with E-state index in [0.717, 1.165) is 0 Å².